The molecule has 1 unspecified atom stereocenters. The normalized spacial score (nSPS) is 14.4. The summed E-state index contributed by atoms with van der Waals surface area (Å²) in [6.07, 6.45) is 5.93. The van der Waals surface area contributed by atoms with Gasteiger partial charge < -0.3 is 10.4 Å². The molecule has 3 aromatic rings. The van der Waals surface area contributed by atoms with E-state index in [-0.39, 0.29) is 31.0 Å². The van der Waals surface area contributed by atoms with Gasteiger partial charge in [0.25, 0.3) is 5.91 Å². The number of hydrogen-bond donors (Lipinski definition) is 2. The Bertz CT molecular complexity index is 1310. The van der Waals surface area contributed by atoms with Gasteiger partial charge in [0.05, 0.1) is 12.3 Å². The highest BCUT2D eigenvalue weighted by Gasteiger charge is 2.26. The highest BCUT2D eigenvalue weighted by molar-refractivity contribution is 9.10. The molecular formula is C32H32BrNO5. The first-order valence-electron chi connectivity index (χ1n) is 13.3. The van der Waals surface area contributed by atoms with Crippen LogP contribution in [0.2, 0.25) is 0 Å². The third-order valence-electron chi connectivity index (χ3n) is 7.34. The molecule has 1 amide bonds. The Morgan fingerprint density at radius 3 is 2.00 bits per heavy atom. The molecule has 0 spiro atoms. The number of carboxylic acids is 1. The van der Waals surface area contributed by atoms with Gasteiger partial charge in [-0.25, -0.2) is 0 Å². The second-order valence-electron chi connectivity index (χ2n) is 10.0. The van der Waals surface area contributed by atoms with Crippen molar-refractivity contribution in [1.29, 1.82) is 0 Å². The molecular weight excluding hydrogens is 558 g/mol. The summed E-state index contributed by atoms with van der Waals surface area (Å²) < 4.78 is 0.863. The van der Waals surface area contributed by atoms with Crippen LogP contribution >= 0.6 is 15.9 Å². The summed E-state index contributed by atoms with van der Waals surface area (Å²) in [5.41, 5.74) is 3.33. The molecule has 0 bridgehead atoms. The molecule has 0 aromatic heterocycles. The minimum absolute atomic E-state index is 0.00496. The molecule has 0 heterocycles. The Balaban J connectivity index is 1.56. The lowest BCUT2D eigenvalue weighted by molar-refractivity contribution is -0.136. The van der Waals surface area contributed by atoms with Gasteiger partial charge in [0.1, 0.15) is 0 Å². The van der Waals surface area contributed by atoms with Crippen LogP contribution in [0.15, 0.2) is 77.3 Å². The zero-order chi connectivity index (χ0) is 27.8. The summed E-state index contributed by atoms with van der Waals surface area (Å²) in [7, 11) is 0. The number of nitrogens with one attached hydrogen (secondary N) is 1. The zero-order valence-electron chi connectivity index (χ0n) is 21.7. The molecule has 0 radical (unpaired) electrons. The maximum absolute atomic E-state index is 13.8. The smallest absolute Gasteiger partial charge is 0.305 e. The quantitative estimate of drug-likeness (QED) is 0.236. The first-order valence-corrected chi connectivity index (χ1v) is 14.1. The largest absolute Gasteiger partial charge is 0.481 e. The fourth-order valence-electron chi connectivity index (χ4n) is 5.11. The molecule has 7 heteroatoms. The number of ketones is 2. The van der Waals surface area contributed by atoms with Crippen molar-refractivity contribution in [3.8, 4) is 0 Å². The maximum Gasteiger partial charge on any atom is 0.305 e. The summed E-state index contributed by atoms with van der Waals surface area (Å²) in [6.45, 7) is 0.0234. The van der Waals surface area contributed by atoms with E-state index in [1.54, 1.807) is 48.5 Å². The monoisotopic (exact) mass is 589 g/mol. The van der Waals surface area contributed by atoms with E-state index in [0.717, 1.165) is 4.47 Å². The van der Waals surface area contributed by atoms with E-state index in [4.69, 9.17) is 5.11 Å². The van der Waals surface area contributed by atoms with E-state index >= 15 is 0 Å². The second-order valence-corrected chi connectivity index (χ2v) is 10.9. The van der Waals surface area contributed by atoms with Gasteiger partial charge in [0.15, 0.2) is 11.6 Å². The number of aliphatic carboxylic acids is 1. The summed E-state index contributed by atoms with van der Waals surface area (Å²) in [4.78, 5) is 50.1. The van der Waals surface area contributed by atoms with Crippen molar-refractivity contribution >= 4 is 39.4 Å². The molecule has 0 aliphatic heterocycles. The van der Waals surface area contributed by atoms with Gasteiger partial charge in [0.2, 0.25) is 0 Å². The number of hydrogen-bond acceptors (Lipinski definition) is 4. The summed E-state index contributed by atoms with van der Waals surface area (Å²) in [5.74, 6) is -1.86. The predicted octanol–water partition coefficient (Wildman–Crippen LogP) is 6.94. The fraction of sp³-hybridized carbons (Fsp3) is 0.312. The van der Waals surface area contributed by atoms with E-state index in [9.17, 15) is 19.2 Å². The number of halogens is 1. The Morgan fingerprint density at radius 1 is 0.795 bits per heavy atom. The standard InChI is InChI=1S/C32H32BrNO5/c33-27-16-14-24(15-17-27)29(35)20-28(23-8-12-26(13-9-23)32(39)34-19-18-30(36)37)31(38)25-10-6-22(7-11-25)21-4-2-1-3-5-21/h6-17,21,28H,1-5,18-20H2,(H,34,39)(H,36,37). The third-order valence-corrected chi connectivity index (χ3v) is 7.87. The topological polar surface area (TPSA) is 101 Å². The number of amides is 1. The number of rotatable bonds is 11. The molecule has 1 atom stereocenters. The van der Waals surface area contributed by atoms with Crippen LogP contribution in [0.5, 0.6) is 0 Å². The van der Waals surface area contributed by atoms with Gasteiger partial charge in [-0.15, -0.1) is 0 Å². The van der Waals surface area contributed by atoms with E-state index < -0.39 is 17.8 Å². The molecule has 2 N–H and O–H groups in total. The number of Topliss-reactive ketones (excluding diaryl/α,β-unsaturated/α-hetero) is 2. The molecule has 202 valence electrons. The number of carbonyl (C=O) groups is 4. The zero-order valence-corrected chi connectivity index (χ0v) is 23.3. The van der Waals surface area contributed by atoms with Crippen molar-refractivity contribution in [2.24, 2.45) is 0 Å². The maximum atomic E-state index is 13.8. The van der Waals surface area contributed by atoms with E-state index in [1.165, 1.54) is 37.7 Å². The van der Waals surface area contributed by atoms with Crippen molar-refractivity contribution in [2.75, 3.05) is 6.54 Å². The molecule has 6 nitrogen and oxygen atoms in total. The lowest BCUT2D eigenvalue weighted by atomic mass is 9.82. The number of benzene rings is 3. The Hall–Kier alpha value is -3.58. The lowest BCUT2D eigenvalue weighted by Gasteiger charge is -2.22. The average molecular weight is 591 g/mol. The van der Waals surface area contributed by atoms with E-state index in [1.807, 2.05) is 24.3 Å². The molecule has 1 aliphatic carbocycles. The van der Waals surface area contributed by atoms with Gasteiger partial charge >= 0.3 is 5.97 Å². The SMILES string of the molecule is O=C(O)CCNC(=O)c1ccc(C(CC(=O)c2ccc(Br)cc2)C(=O)c2ccc(C3CCCCC3)cc2)cc1. The minimum Gasteiger partial charge on any atom is -0.481 e. The molecule has 1 fully saturated rings. The Labute approximate surface area is 237 Å². The molecule has 39 heavy (non-hydrogen) atoms. The Morgan fingerprint density at radius 2 is 1.38 bits per heavy atom. The van der Waals surface area contributed by atoms with Gasteiger partial charge in [-0.1, -0.05) is 83.7 Å². The average Bonchev–Trinajstić information content (AvgIpc) is 2.96. The summed E-state index contributed by atoms with van der Waals surface area (Å²) in [5, 5.41) is 11.3. The van der Waals surface area contributed by atoms with Gasteiger partial charge in [-0.2, -0.15) is 0 Å². The first kappa shape index (κ1) is 28.4. The van der Waals surface area contributed by atoms with Crippen molar-refractivity contribution in [2.45, 2.75) is 56.8 Å². The lowest BCUT2D eigenvalue weighted by Crippen LogP contribution is -2.26. The molecule has 3 aromatic carbocycles. The van der Waals surface area contributed by atoms with Crippen LogP contribution in [-0.2, 0) is 4.79 Å². The predicted molar refractivity (Wildman–Crippen MR) is 153 cm³/mol. The molecule has 1 saturated carbocycles. The summed E-state index contributed by atoms with van der Waals surface area (Å²) >= 11 is 3.38. The second kappa shape index (κ2) is 13.5. The van der Waals surface area contributed by atoms with Gasteiger partial charge in [-0.05, 0) is 54.2 Å². The highest BCUT2D eigenvalue weighted by atomic mass is 79.9. The third kappa shape index (κ3) is 7.73. The van der Waals surface area contributed by atoms with Crippen LogP contribution in [0, 0.1) is 0 Å². The molecule has 0 saturated heterocycles. The van der Waals surface area contributed by atoms with Gasteiger partial charge in [0, 0.05) is 34.1 Å². The van der Waals surface area contributed by atoms with Crippen LogP contribution in [0.25, 0.3) is 0 Å². The Kier molecular flexibility index (Phi) is 9.82. The highest BCUT2D eigenvalue weighted by Crippen LogP contribution is 2.33. The number of carbonyl (C=O) groups excluding carboxylic acids is 3. The first-order chi connectivity index (χ1) is 18.8. The van der Waals surface area contributed by atoms with Crippen molar-refractivity contribution in [1.82, 2.24) is 5.32 Å². The minimum atomic E-state index is -0.991. The molecule has 4 rings (SSSR count). The van der Waals surface area contributed by atoms with Crippen LogP contribution < -0.4 is 5.32 Å². The van der Waals surface area contributed by atoms with Gasteiger partial charge in [-0.3, -0.25) is 19.2 Å². The van der Waals surface area contributed by atoms with Crippen LogP contribution in [-0.4, -0.2) is 35.1 Å². The van der Waals surface area contributed by atoms with Crippen LogP contribution in [0.3, 0.4) is 0 Å². The van der Waals surface area contributed by atoms with Crippen LogP contribution in [0.4, 0.5) is 0 Å². The van der Waals surface area contributed by atoms with Crippen LogP contribution in [0.1, 0.15) is 99.0 Å². The van der Waals surface area contributed by atoms with E-state index in [0.29, 0.717) is 28.2 Å². The summed E-state index contributed by atoms with van der Waals surface area (Å²) in [6, 6.07) is 21.5. The number of carboxylic acid groups (broad SMARTS) is 1. The molecule has 1 aliphatic rings. The van der Waals surface area contributed by atoms with Crippen molar-refractivity contribution in [3.05, 3.63) is 105 Å². The fourth-order valence-corrected chi connectivity index (χ4v) is 5.37. The van der Waals surface area contributed by atoms with E-state index in [2.05, 4.69) is 21.2 Å². The van der Waals surface area contributed by atoms with Crippen molar-refractivity contribution in [3.63, 3.8) is 0 Å². The van der Waals surface area contributed by atoms with Crippen molar-refractivity contribution < 1.29 is 24.3 Å².